The number of benzene rings is 1. The molecule has 26 heavy (non-hydrogen) atoms. The Balaban J connectivity index is 1.63. The lowest BCUT2D eigenvalue weighted by molar-refractivity contribution is 0.0950. The summed E-state index contributed by atoms with van der Waals surface area (Å²) in [6.45, 7) is 7.77. The fourth-order valence-corrected chi connectivity index (χ4v) is 2.78. The Hall–Kier alpha value is -2.67. The predicted molar refractivity (Wildman–Crippen MR) is 98.6 cm³/mol. The standard InChI is InChI=1S/C19H24N4O3/c1-3-26-16-6-4-15(5-7-16)19(24)20-13-17-21-14(2)12-18(22-17)23-8-10-25-11-9-23/h4-7,12H,3,8-11,13H2,1-2H3,(H,20,24). The summed E-state index contributed by atoms with van der Waals surface area (Å²) >= 11 is 0. The zero-order chi connectivity index (χ0) is 18.4. The average molecular weight is 356 g/mol. The quantitative estimate of drug-likeness (QED) is 0.853. The molecular weight excluding hydrogens is 332 g/mol. The Bertz CT molecular complexity index is 743. The van der Waals surface area contributed by atoms with Gasteiger partial charge in [-0.3, -0.25) is 4.79 Å². The molecule has 1 amide bonds. The molecule has 0 bridgehead atoms. The van der Waals surface area contributed by atoms with Crippen LogP contribution < -0.4 is 15.0 Å². The van der Waals surface area contributed by atoms with Crippen molar-refractivity contribution < 1.29 is 14.3 Å². The number of amides is 1. The molecule has 138 valence electrons. The van der Waals surface area contributed by atoms with Crippen molar-refractivity contribution in [2.45, 2.75) is 20.4 Å². The van der Waals surface area contributed by atoms with Crippen LogP contribution in [-0.4, -0.2) is 48.8 Å². The van der Waals surface area contributed by atoms with Gasteiger partial charge in [-0.15, -0.1) is 0 Å². The summed E-state index contributed by atoms with van der Waals surface area (Å²) in [5.41, 5.74) is 1.46. The third kappa shape index (κ3) is 4.70. The third-order valence-electron chi connectivity index (χ3n) is 4.06. The second-order valence-electron chi connectivity index (χ2n) is 6.02. The Morgan fingerprint density at radius 3 is 2.65 bits per heavy atom. The van der Waals surface area contributed by atoms with Crippen molar-refractivity contribution in [1.82, 2.24) is 15.3 Å². The predicted octanol–water partition coefficient (Wildman–Crippen LogP) is 1.95. The van der Waals surface area contributed by atoms with Gasteiger partial charge in [-0.25, -0.2) is 9.97 Å². The van der Waals surface area contributed by atoms with Crippen LogP contribution in [0.3, 0.4) is 0 Å². The highest BCUT2D eigenvalue weighted by Crippen LogP contribution is 2.15. The number of aryl methyl sites for hydroxylation is 1. The van der Waals surface area contributed by atoms with Gasteiger partial charge in [-0.1, -0.05) is 0 Å². The summed E-state index contributed by atoms with van der Waals surface area (Å²) < 4.78 is 10.8. The molecule has 1 fully saturated rings. The monoisotopic (exact) mass is 356 g/mol. The maximum absolute atomic E-state index is 12.3. The van der Waals surface area contributed by atoms with Gasteiger partial charge in [-0.05, 0) is 38.1 Å². The maximum atomic E-state index is 12.3. The van der Waals surface area contributed by atoms with Gasteiger partial charge in [0.1, 0.15) is 17.4 Å². The first-order valence-electron chi connectivity index (χ1n) is 8.84. The number of morpholine rings is 1. The summed E-state index contributed by atoms with van der Waals surface area (Å²) in [5.74, 6) is 2.07. The molecule has 1 N–H and O–H groups in total. The highest BCUT2D eigenvalue weighted by atomic mass is 16.5. The first-order valence-corrected chi connectivity index (χ1v) is 8.84. The van der Waals surface area contributed by atoms with E-state index < -0.39 is 0 Å². The lowest BCUT2D eigenvalue weighted by Crippen LogP contribution is -2.37. The number of aromatic nitrogens is 2. The molecule has 7 nitrogen and oxygen atoms in total. The van der Waals surface area contributed by atoms with Crippen molar-refractivity contribution in [2.75, 3.05) is 37.8 Å². The van der Waals surface area contributed by atoms with Crippen LogP contribution >= 0.6 is 0 Å². The molecule has 0 spiro atoms. The number of anilines is 1. The first kappa shape index (κ1) is 18.1. The molecule has 1 aliphatic heterocycles. The third-order valence-corrected chi connectivity index (χ3v) is 4.06. The molecule has 1 aromatic heterocycles. The SMILES string of the molecule is CCOc1ccc(C(=O)NCc2nc(C)cc(N3CCOCC3)n2)cc1. The van der Waals surface area contributed by atoms with Crippen molar-refractivity contribution in [3.63, 3.8) is 0 Å². The van der Waals surface area contributed by atoms with Crippen LogP contribution in [0.25, 0.3) is 0 Å². The number of carbonyl (C=O) groups excluding carboxylic acids is 1. The minimum Gasteiger partial charge on any atom is -0.494 e. The maximum Gasteiger partial charge on any atom is 0.251 e. The van der Waals surface area contributed by atoms with Crippen molar-refractivity contribution in [3.05, 3.63) is 47.4 Å². The van der Waals surface area contributed by atoms with Crippen LogP contribution in [0.4, 0.5) is 5.82 Å². The zero-order valence-corrected chi connectivity index (χ0v) is 15.2. The smallest absolute Gasteiger partial charge is 0.251 e. The van der Waals surface area contributed by atoms with Crippen molar-refractivity contribution in [3.8, 4) is 5.75 Å². The number of nitrogens with zero attached hydrogens (tertiary/aromatic N) is 3. The van der Waals surface area contributed by atoms with E-state index >= 15 is 0 Å². The molecule has 1 saturated heterocycles. The molecular formula is C19H24N4O3. The molecule has 0 aliphatic carbocycles. The van der Waals surface area contributed by atoms with Gasteiger partial charge in [0.25, 0.3) is 5.91 Å². The topological polar surface area (TPSA) is 76.6 Å². The molecule has 2 heterocycles. The molecule has 2 aromatic rings. The normalized spacial score (nSPS) is 14.2. The van der Waals surface area contributed by atoms with E-state index in [1.807, 2.05) is 19.9 Å². The van der Waals surface area contributed by atoms with Crippen LogP contribution in [0.1, 0.15) is 28.8 Å². The van der Waals surface area contributed by atoms with Crippen molar-refractivity contribution >= 4 is 11.7 Å². The van der Waals surface area contributed by atoms with E-state index in [1.54, 1.807) is 24.3 Å². The van der Waals surface area contributed by atoms with Crippen molar-refractivity contribution in [1.29, 1.82) is 0 Å². The van der Waals surface area contributed by atoms with Crippen LogP contribution in [0.15, 0.2) is 30.3 Å². The van der Waals surface area contributed by atoms with E-state index in [2.05, 4.69) is 20.2 Å². The van der Waals surface area contributed by atoms with Gasteiger partial charge in [0.15, 0.2) is 0 Å². The minimum atomic E-state index is -0.161. The summed E-state index contributed by atoms with van der Waals surface area (Å²) in [4.78, 5) is 23.5. The summed E-state index contributed by atoms with van der Waals surface area (Å²) in [5, 5.41) is 2.88. The number of carbonyl (C=O) groups is 1. The molecule has 0 atom stereocenters. The van der Waals surface area contributed by atoms with Crippen LogP contribution in [0.5, 0.6) is 5.75 Å². The number of hydrogen-bond donors (Lipinski definition) is 1. The van der Waals surface area contributed by atoms with E-state index in [0.29, 0.717) is 31.2 Å². The summed E-state index contributed by atoms with van der Waals surface area (Å²) in [6.07, 6.45) is 0. The molecule has 0 saturated carbocycles. The highest BCUT2D eigenvalue weighted by molar-refractivity contribution is 5.94. The van der Waals surface area contributed by atoms with E-state index in [0.717, 1.165) is 30.4 Å². The van der Waals surface area contributed by atoms with Gasteiger partial charge in [0.2, 0.25) is 0 Å². The van der Waals surface area contributed by atoms with Crippen molar-refractivity contribution in [2.24, 2.45) is 0 Å². The van der Waals surface area contributed by atoms with E-state index in [-0.39, 0.29) is 12.5 Å². The zero-order valence-electron chi connectivity index (χ0n) is 15.2. The van der Waals surface area contributed by atoms with Gasteiger partial charge in [-0.2, -0.15) is 0 Å². The Morgan fingerprint density at radius 1 is 1.23 bits per heavy atom. The Kier molecular flexibility index (Phi) is 6.01. The molecule has 0 unspecified atom stereocenters. The highest BCUT2D eigenvalue weighted by Gasteiger charge is 2.14. The van der Waals surface area contributed by atoms with E-state index in [4.69, 9.17) is 9.47 Å². The Labute approximate surface area is 153 Å². The lowest BCUT2D eigenvalue weighted by Gasteiger charge is -2.28. The molecule has 3 rings (SSSR count). The average Bonchev–Trinajstić information content (AvgIpc) is 2.67. The fourth-order valence-electron chi connectivity index (χ4n) is 2.78. The lowest BCUT2D eigenvalue weighted by atomic mass is 10.2. The number of ether oxygens (including phenoxy) is 2. The first-order chi connectivity index (χ1) is 12.7. The van der Waals surface area contributed by atoms with Gasteiger partial charge < -0.3 is 19.7 Å². The van der Waals surface area contributed by atoms with Crippen LogP contribution in [0, 0.1) is 6.92 Å². The van der Waals surface area contributed by atoms with Crippen LogP contribution in [0.2, 0.25) is 0 Å². The largest absolute Gasteiger partial charge is 0.494 e. The molecule has 0 radical (unpaired) electrons. The van der Waals surface area contributed by atoms with Gasteiger partial charge in [0, 0.05) is 30.4 Å². The minimum absolute atomic E-state index is 0.161. The van der Waals surface area contributed by atoms with Gasteiger partial charge in [0.05, 0.1) is 26.4 Å². The second kappa shape index (κ2) is 8.62. The number of nitrogens with one attached hydrogen (secondary N) is 1. The Morgan fingerprint density at radius 2 is 1.96 bits per heavy atom. The summed E-state index contributed by atoms with van der Waals surface area (Å²) in [7, 11) is 0. The van der Waals surface area contributed by atoms with Gasteiger partial charge >= 0.3 is 0 Å². The molecule has 7 heteroatoms. The van der Waals surface area contributed by atoms with E-state index in [9.17, 15) is 4.79 Å². The van der Waals surface area contributed by atoms with E-state index in [1.165, 1.54) is 0 Å². The van der Waals surface area contributed by atoms with Crippen LogP contribution in [-0.2, 0) is 11.3 Å². The molecule has 1 aliphatic rings. The number of hydrogen-bond acceptors (Lipinski definition) is 6. The number of rotatable bonds is 6. The fraction of sp³-hybridized carbons (Fsp3) is 0.421. The molecule has 1 aromatic carbocycles. The second-order valence-corrected chi connectivity index (χ2v) is 6.02. The summed E-state index contributed by atoms with van der Waals surface area (Å²) in [6, 6.07) is 9.03.